The Labute approximate surface area is 115 Å². The van der Waals surface area contributed by atoms with Gasteiger partial charge >= 0.3 is 0 Å². The number of hydrogen-bond donors (Lipinski definition) is 1. The fraction of sp³-hybridized carbons (Fsp3) is 1.00. The van der Waals surface area contributed by atoms with Crippen LogP contribution in [-0.2, 0) is 9.47 Å². The second kappa shape index (κ2) is 7.73. The van der Waals surface area contributed by atoms with E-state index in [1.807, 2.05) is 0 Å². The Hall–Kier alpha value is 0.230. The Morgan fingerprint density at radius 3 is 3.00 bits per heavy atom. The third-order valence-electron chi connectivity index (χ3n) is 4.00. The number of ether oxygens (including phenoxy) is 2. The van der Waals surface area contributed by atoms with Crippen molar-refractivity contribution in [1.82, 2.24) is 5.32 Å². The second-order valence-electron chi connectivity index (χ2n) is 5.34. The molecule has 0 bridgehead atoms. The van der Waals surface area contributed by atoms with Gasteiger partial charge in [-0.05, 0) is 57.1 Å². The molecule has 18 heavy (non-hydrogen) atoms. The van der Waals surface area contributed by atoms with E-state index in [9.17, 15) is 0 Å². The van der Waals surface area contributed by atoms with Crippen LogP contribution in [0.4, 0.5) is 0 Å². The zero-order valence-electron chi connectivity index (χ0n) is 11.6. The maximum Gasteiger partial charge on any atom is 0.0713 e. The lowest BCUT2D eigenvalue weighted by molar-refractivity contribution is -0.0931. The zero-order valence-corrected chi connectivity index (χ0v) is 12.4. The Bertz CT molecular complexity index is 226. The molecule has 1 unspecified atom stereocenters. The maximum absolute atomic E-state index is 6.10. The first-order chi connectivity index (χ1) is 8.85. The topological polar surface area (TPSA) is 30.5 Å². The fourth-order valence-electron chi connectivity index (χ4n) is 2.92. The first-order valence-corrected chi connectivity index (χ1v) is 8.53. The van der Waals surface area contributed by atoms with Gasteiger partial charge in [-0.25, -0.2) is 0 Å². The molecule has 0 aliphatic carbocycles. The van der Waals surface area contributed by atoms with Crippen molar-refractivity contribution in [3.05, 3.63) is 0 Å². The lowest BCUT2D eigenvalue weighted by atomic mass is 9.85. The minimum absolute atomic E-state index is 0.209. The molecule has 4 heteroatoms. The van der Waals surface area contributed by atoms with E-state index in [1.54, 1.807) is 0 Å². The van der Waals surface area contributed by atoms with Crippen molar-refractivity contribution in [2.75, 3.05) is 37.9 Å². The van der Waals surface area contributed by atoms with Crippen LogP contribution in [-0.4, -0.2) is 49.5 Å². The molecule has 2 fully saturated rings. The molecule has 0 saturated carbocycles. The predicted molar refractivity (Wildman–Crippen MR) is 77.4 cm³/mol. The maximum atomic E-state index is 6.10. The van der Waals surface area contributed by atoms with Crippen LogP contribution in [0.1, 0.15) is 39.0 Å². The van der Waals surface area contributed by atoms with Gasteiger partial charge in [-0.1, -0.05) is 0 Å². The molecule has 2 saturated heterocycles. The van der Waals surface area contributed by atoms with Crippen LogP contribution in [0.3, 0.4) is 0 Å². The quantitative estimate of drug-likeness (QED) is 0.753. The van der Waals surface area contributed by atoms with E-state index < -0.39 is 0 Å². The van der Waals surface area contributed by atoms with Crippen molar-refractivity contribution in [3.8, 4) is 0 Å². The van der Waals surface area contributed by atoms with Gasteiger partial charge in [0.15, 0.2) is 0 Å². The van der Waals surface area contributed by atoms with Gasteiger partial charge in [0.25, 0.3) is 0 Å². The van der Waals surface area contributed by atoms with Crippen molar-refractivity contribution in [3.63, 3.8) is 0 Å². The summed E-state index contributed by atoms with van der Waals surface area (Å²) in [5, 5.41) is 3.69. The first-order valence-electron chi connectivity index (χ1n) is 7.37. The number of hydrogen-bond acceptors (Lipinski definition) is 4. The molecular formula is C14H27NO2S. The van der Waals surface area contributed by atoms with Gasteiger partial charge in [0.2, 0.25) is 0 Å². The molecule has 2 rings (SSSR count). The lowest BCUT2D eigenvalue weighted by Gasteiger charge is -2.43. The average molecular weight is 273 g/mol. The summed E-state index contributed by atoms with van der Waals surface area (Å²) in [5.41, 5.74) is 0.209. The number of rotatable bonds is 6. The van der Waals surface area contributed by atoms with E-state index in [0.29, 0.717) is 6.04 Å². The van der Waals surface area contributed by atoms with E-state index in [0.717, 1.165) is 32.8 Å². The highest BCUT2D eigenvalue weighted by Crippen LogP contribution is 2.37. The van der Waals surface area contributed by atoms with Gasteiger partial charge in [-0.15, -0.1) is 0 Å². The van der Waals surface area contributed by atoms with E-state index in [1.165, 1.54) is 37.2 Å². The van der Waals surface area contributed by atoms with Crippen LogP contribution in [0.5, 0.6) is 0 Å². The van der Waals surface area contributed by atoms with E-state index in [4.69, 9.17) is 9.47 Å². The second-order valence-corrected chi connectivity index (χ2v) is 6.56. The monoisotopic (exact) mass is 273 g/mol. The molecule has 1 atom stereocenters. The van der Waals surface area contributed by atoms with Crippen molar-refractivity contribution in [1.29, 1.82) is 0 Å². The van der Waals surface area contributed by atoms with Gasteiger partial charge in [-0.3, -0.25) is 0 Å². The zero-order chi connectivity index (χ0) is 12.7. The summed E-state index contributed by atoms with van der Waals surface area (Å²) in [6.45, 7) is 5.78. The van der Waals surface area contributed by atoms with Crippen LogP contribution in [0.2, 0.25) is 0 Å². The summed E-state index contributed by atoms with van der Waals surface area (Å²) in [6, 6.07) is 0.656. The fourth-order valence-corrected chi connectivity index (χ4v) is 4.16. The van der Waals surface area contributed by atoms with Crippen molar-refractivity contribution >= 4 is 11.8 Å². The molecule has 2 aliphatic rings. The molecule has 2 aliphatic heterocycles. The molecule has 0 amide bonds. The van der Waals surface area contributed by atoms with Crippen molar-refractivity contribution in [2.45, 2.75) is 50.7 Å². The number of nitrogens with one attached hydrogen (secondary N) is 1. The first kappa shape index (κ1) is 14.6. The van der Waals surface area contributed by atoms with Gasteiger partial charge in [-0.2, -0.15) is 11.8 Å². The molecule has 2 heterocycles. The van der Waals surface area contributed by atoms with E-state index >= 15 is 0 Å². The van der Waals surface area contributed by atoms with Gasteiger partial charge in [0, 0.05) is 25.9 Å². The SMILES string of the molecule is CCOCCCNC1CCOC2(CCSCC2)C1. The molecule has 3 nitrogen and oxygen atoms in total. The average Bonchev–Trinajstić information content (AvgIpc) is 2.40. The van der Waals surface area contributed by atoms with E-state index in [2.05, 4.69) is 24.0 Å². The highest BCUT2D eigenvalue weighted by molar-refractivity contribution is 7.99. The molecule has 106 valence electrons. The van der Waals surface area contributed by atoms with Crippen LogP contribution < -0.4 is 5.32 Å². The molecule has 1 N–H and O–H groups in total. The highest BCUT2D eigenvalue weighted by atomic mass is 32.2. The van der Waals surface area contributed by atoms with Crippen LogP contribution >= 0.6 is 11.8 Å². The van der Waals surface area contributed by atoms with Crippen LogP contribution in [0, 0.1) is 0 Å². The molecule has 0 aromatic carbocycles. The number of thioether (sulfide) groups is 1. The summed E-state index contributed by atoms with van der Waals surface area (Å²) in [6.07, 6.45) is 5.99. The third kappa shape index (κ3) is 4.41. The summed E-state index contributed by atoms with van der Waals surface area (Å²) in [4.78, 5) is 0. The summed E-state index contributed by atoms with van der Waals surface area (Å²) in [5.74, 6) is 2.55. The minimum Gasteiger partial charge on any atom is -0.382 e. The predicted octanol–water partition coefficient (Wildman–Crippen LogP) is 2.45. The van der Waals surface area contributed by atoms with Crippen LogP contribution in [0.15, 0.2) is 0 Å². The minimum atomic E-state index is 0.209. The van der Waals surface area contributed by atoms with E-state index in [-0.39, 0.29) is 5.60 Å². The Morgan fingerprint density at radius 1 is 1.39 bits per heavy atom. The van der Waals surface area contributed by atoms with Gasteiger partial charge in [0.05, 0.1) is 5.60 Å². The Balaban J connectivity index is 1.66. The normalized spacial score (nSPS) is 27.5. The summed E-state index contributed by atoms with van der Waals surface area (Å²) >= 11 is 2.07. The summed E-state index contributed by atoms with van der Waals surface area (Å²) in [7, 11) is 0. The molecular weight excluding hydrogens is 246 g/mol. The third-order valence-corrected chi connectivity index (χ3v) is 4.99. The Kier molecular flexibility index (Phi) is 6.29. The van der Waals surface area contributed by atoms with Crippen molar-refractivity contribution < 1.29 is 9.47 Å². The highest BCUT2D eigenvalue weighted by Gasteiger charge is 2.38. The molecule has 0 aromatic rings. The van der Waals surface area contributed by atoms with Crippen LogP contribution in [0.25, 0.3) is 0 Å². The van der Waals surface area contributed by atoms with Crippen molar-refractivity contribution in [2.24, 2.45) is 0 Å². The Morgan fingerprint density at radius 2 is 2.22 bits per heavy atom. The molecule has 0 radical (unpaired) electrons. The van der Waals surface area contributed by atoms with Gasteiger partial charge in [0.1, 0.15) is 0 Å². The lowest BCUT2D eigenvalue weighted by Crippen LogP contribution is -2.49. The standard InChI is InChI=1S/C14H27NO2S/c1-2-16-8-3-7-15-13-4-9-17-14(12-13)5-10-18-11-6-14/h13,15H,2-12H2,1H3. The summed E-state index contributed by atoms with van der Waals surface area (Å²) < 4.78 is 11.5. The largest absolute Gasteiger partial charge is 0.382 e. The molecule has 1 spiro atoms. The smallest absolute Gasteiger partial charge is 0.0713 e. The van der Waals surface area contributed by atoms with Gasteiger partial charge < -0.3 is 14.8 Å². The molecule has 0 aromatic heterocycles.